The topological polar surface area (TPSA) is 38.9 Å². The second kappa shape index (κ2) is 3.56. The first-order valence-electron chi connectivity index (χ1n) is 3.92. The Morgan fingerprint density at radius 1 is 1.46 bits per heavy atom. The van der Waals surface area contributed by atoms with Gasteiger partial charge >= 0.3 is 0 Å². The van der Waals surface area contributed by atoms with Crippen molar-refractivity contribution < 1.29 is 0 Å². The molecule has 0 radical (unpaired) electrons. The smallest absolute Gasteiger partial charge is 0.0824 e. The summed E-state index contributed by atoms with van der Waals surface area (Å²) in [5.74, 6) is 5.79. The van der Waals surface area contributed by atoms with Crippen LogP contribution in [-0.4, -0.2) is 11.5 Å². The molecule has 0 spiro atoms. The van der Waals surface area contributed by atoms with Gasteiger partial charge in [0.1, 0.15) is 0 Å². The molecule has 3 heteroatoms. The van der Waals surface area contributed by atoms with Crippen molar-refractivity contribution in [2.75, 3.05) is 6.54 Å². The van der Waals surface area contributed by atoms with Crippen molar-refractivity contribution in [2.45, 2.75) is 0 Å². The molecule has 1 aromatic carbocycles. The third-order valence-corrected chi connectivity index (χ3v) is 2.48. The molecule has 0 aliphatic rings. The predicted octanol–water partition coefficient (Wildman–Crippen LogP) is 1.61. The zero-order valence-corrected chi connectivity index (χ0v) is 7.77. The van der Waals surface area contributed by atoms with Gasteiger partial charge in [0, 0.05) is 5.56 Å². The van der Waals surface area contributed by atoms with E-state index >= 15 is 0 Å². The lowest BCUT2D eigenvalue weighted by Gasteiger charge is -1.89. The van der Waals surface area contributed by atoms with E-state index in [1.54, 1.807) is 11.3 Å². The number of hydrogen-bond acceptors (Lipinski definition) is 3. The molecular weight excluding hydrogens is 180 g/mol. The predicted molar refractivity (Wildman–Crippen MR) is 55.6 cm³/mol. The monoisotopic (exact) mass is 188 g/mol. The molecule has 0 atom stereocenters. The lowest BCUT2D eigenvalue weighted by molar-refractivity contribution is 1.30. The van der Waals surface area contributed by atoms with Gasteiger partial charge in [0.05, 0.1) is 22.3 Å². The number of thiazole rings is 1. The van der Waals surface area contributed by atoms with E-state index in [0.717, 1.165) is 11.1 Å². The van der Waals surface area contributed by atoms with Crippen molar-refractivity contribution in [3.63, 3.8) is 0 Å². The van der Waals surface area contributed by atoms with Crippen LogP contribution in [0.4, 0.5) is 0 Å². The van der Waals surface area contributed by atoms with E-state index in [9.17, 15) is 0 Å². The Morgan fingerprint density at radius 2 is 2.38 bits per heavy atom. The second-order valence-electron chi connectivity index (χ2n) is 2.54. The van der Waals surface area contributed by atoms with Gasteiger partial charge in [-0.05, 0) is 18.2 Å². The fourth-order valence-corrected chi connectivity index (χ4v) is 1.75. The van der Waals surface area contributed by atoms with Crippen LogP contribution >= 0.6 is 11.3 Å². The molecule has 64 valence electrons. The van der Waals surface area contributed by atoms with Crippen molar-refractivity contribution in [2.24, 2.45) is 5.73 Å². The van der Waals surface area contributed by atoms with Gasteiger partial charge in [-0.15, -0.1) is 11.3 Å². The fourth-order valence-electron chi connectivity index (χ4n) is 1.09. The van der Waals surface area contributed by atoms with Crippen LogP contribution in [0.5, 0.6) is 0 Å². The molecular formula is C10H8N2S. The molecule has 0 saturated carbocycles. The first kappa shape index (κ1) is 8.24. The summed E-state index contributed by atoms with van der Waals surface area (Å²) in [7, 11) is 0. The van der Waals surface area contributed by atoms with Crippen molar-refractivity contribution >= 4 is 21.6 Å². The Labute approximate surface area is 80.4 Å². The molecule has 2 nitrogen and oxygen atoms in total. The fraction of sp³-hybridized carbons (Fsp3) is 0.100. The van der Waals surface area contributed by atoms with Gasteiger partial charge < -0.3 is 5.73 Å². The molecule has 0 aliphatic heterocycles. The third-order valence-electron chi connectivity index (χ3n) is 1.67. The van der Waals surface area contributed by atoms with Gasteiger partial charge in [0.2, 0.25) is 0 Å². The van der Waals surface area contributed by atoms with Gasteiger partial charge in [0.15, 0.2) is 0 Å². The zero-order chi connectivity index (χ0) is 9.10. The normalized spacial score (nSPS) is 9.62. The quantitative estimate of drug-likeness (QED) is 0.638. The summed E-state index contributed by atoms with van der Waals surface area (Å²) < 4.78 is 1.19. The zero-order valence-electron chi connectivity index (χ0n) is 6.95. The van der Waals surface area contributed by atoms with Gasteiger partial charge in [-0.3, -0.25) is 0 Å². The third kappa shape index (κ3) is 1.69. The minimum Gasteiger partial charge on any atom is -0.320 e. The van der Waals surface area contributed by atoms with Crippen LogP contribution in [0.1, 0.15) is 5.56 Å². The van der Waals surface area contributed by atoms with E-state index in [0.29, 0.717) is 6.54 Å². The van der Waals surface area contributed by atoms with Gasteiger partial charge in [-0.2, -0.15) is 0 Å². The largest absolute Gasteiger partial charge is 0.320 e. The Kier molecular flexibility index (Phi) is 2.26. The van der Waals surface area contributed by atoms with Gasteiger partial charge in [-0.25, -0.2) is 4.98 Å². The molecule has 0 bridgehead atoms. The summed E-state index contributed by atoms with van der Waals surface area (Å²) in [5, 5.41) is 0. The molecule has 2 rings (SSSR count). The number of nitrogens with zero attached hydrogens (tertiary/aromatic N) is 1. The summed E-state index contributed by atoms with van der Waals surface area (Å²) in [6.07, 6.45) is 0. The molecule has 1 aromatic heterocycles. The summed E-state index contributed by atoms with van der Waals surface area (Å²) in [5.41, 5.74) is 9.10. The first-order valence-corrected chi connectivity index (χ1v) is 4.80. The molecule has 0 saturated heterocycles. The molecule has 0 fully saturated rings. The second-order valence-corrected chi connectivity index (χ2v) is 3.43. The average molecular weight is 188 g/mol. The maximum atomic E-state index is 5.28. The minimum absolute atomic E-state index is 0.398. The van der Waals surface area contributed by atoms with Crippen LogP contribution < -0.4 is 5.73 Å². The Morgan fingerprint density at radius 3 is 3.23 bits per heavy atom. The molecule has 0 aliphatic carbocycles. The van der Waals surface area contributed by atoms with Crippen LogP contribution in [0.15, 0.2) is 23.7 Å². The maximum Gasteiger partial charge on any atom is 0.0824 e. The SMILES string of the molecule is NCC#Cc1ccc2scnc2c1. The van der Waals surface area contributed by atoms with Crippen LogP contribution in [0.2, 0.25) is 0 Å². The van der Waals surface area contributed by atoms with Crippen LogP contribution in [0.25, 0.3) is 10.2 Å². The van der Waals surface area contributed by atoms with E-state index < -0.39 is 0 Å². The van der Waals surface area contributed by atoms with Crippen LogP contribution in [0, 0.1) is 11.8 Å². The highest BCUT2D eigenvalue weighted by molar-refractivity contribution is 7.16. The lowest BCUT2D eigenvalue weighted by atomic mass is 10.2. The highest BCUT2D eigenvalue weighted by Crippen LogP contribution is 2.18. The Balaban J connectivity index is 2.48. The minimum atomic E-state index is 0.398. The van der Waals surface area contributed by atoms with Crippen molar-refractivity contribution in [1.82, 2.24) is 4.98 Å². The molecule has 0 unspecified atom stereocenters. The Hall–Kier alpha value is -1.37. The van der Waals surface area contributed by atoms with Gasteiger partial charge in [0.25, 0.3) is 0 Å². The summed E-state index contributed by atoms with van der Waals surface area (Å²) in [6, 6.07) is 6.01. The maximum absolute atomic E-state index is 5.28. The molecule has 2 aromatic rings. The highest BCUT2D eigenvalue weighted by atomic mass is 32.1. The molecule has 0 amide bonds. The number of nitrogens with two attached hydrogens (primary N) is 1. The van der Waals surface area contributed by atoms with E-state index in [-0.39, 0.29) is 0 Å². The van der Waals surface area contributed by atoms with E-state index in [1.807, 2.05) is 23.7 Å². The summed E-state index contributed by atoms with van der Waals surface area (Å²) in [4.78, 5) is 4.21. The summed E-state index contributed by atoms with van der Waals surface area (Å²) >= 11 is 1.64. The summed E-state index contributed by atoms with van der Waals surface area (Å²) in [6.45, 7) is 0.398. The molecule has 1 heterocycles. The molecule has 2 N–H and O–H groups in total. The lowest BCUT2D eigenvalue weighted by Crippen LogP contribution is -1.92. The average Bonchev–Trinajstić information content (AvgIpc) is 2.61. The van der Waals surface area contributed by atoms with Crippen molar-refractivity contribution in [3.8, 4) is 11.8 Å². The number of fused-ring (bicyclic) bond motifs is 1. The number of aromatic nitrogens is 1. The van der Waals surface area contributed by atoms with Crippen molar-refractivity contribution in [1.29, 1.82) is 0 Å². The van der Waals surface area contributed by atoms with E-state index in [1.165, 1.54) is 4.70 Å². The van der Waals surface area contributed by atoms with Crippen LogP contribution in [0.3, 0.4) is 0 Å². The first-order chi connectivity index (χ1) is 6.40. The molecule has 13 heavy (non-hydrogen) atoms. The van der Waals surface area contributed by atoms with E-state index in [2.05, 4.69) is 16.8 Å². The highest BCUT2D eigenvalue weighted by Gasteiger charge is 1.95. The van der Waals surface area contributed by atoms with Crippen molar-refractivity contribution in [3.05, 3.63) is 29.3 Å². The Bertz CT molecular complexity index is 476. The number of benzene rings is 1. The number of rotatable bonds is 0. The van der Waals surface area contributed by atoms with E-state index in [4.69, 9.17) is 5.73 Å². The standard InChI is InChI=1S/C10H8N2S/c11-5-1-2-8-3-4-10-9(6-8)12-7-13-10/h3-4,6-7H,5,11H2. The van der Waals surface area contributed by atoms with Gasteiger partial charge in [-0.1, -0.05) is 11.8 Å². The van der Waals surface area contributed by atoms with Crippen LogP contribution in [-0.2, 0) is 0 Å². The number of hydrogen-bond donors (Lipinski definition) is 1.